The van der Waals surface area contributed by atoms with E-state index in [2.05, 4.69) is 5.32 Å². The number of hydrogen-bond acceptors (Lipinski definition) is 3. The molecule has 6 heteroatoms. The van der Waals surface area contributed by atoms with Crippen molar-refractivity contribution in [3.63, 3.8) is 0 Å². The molecule has 0 saturated carbocycles. The Kier molecular flexibility index (Phi) is 6.18. The normalized spacial score (nSPS) is 12.7. The van der Waals surface area contributed by atoms with Gasteiger partial charge in [-0.2, -0.15) is 0 Å². The zero-order chi connectivity index (χ0) is 19.5. The van der Waals surface area contributed by atoms with Crippen LogP contribution in [0.2, 0.25) is 0 Å². The zero-order valence-corrected chi connectivity index (χ0v) is 16.4. The summed E-state index contributed by atoms with van der Waals surface area (Å²) < 4.78 is 31.4. The molecule has 0 heterocycles. The van der Waals surface area contributed by atoms with Crippen molar-refractivity contribution in [2.24, 2.45) is 0 Å². The van der Waals surface area contributed by atoms with Crippen molar-refractivity contribution in [1.82, 2.24) is 0 Å². The minimum Gasteiger partial charge on any atom is -0.486 e. The first kappa shape index (κ1) is 20.1. The maximum Gasteiger partial charge on any atom is 0.255 e. The fraction of sp³-hybridized carbons (Fsp3) is 0.350. The number of nitrogens with one attached hydrogen (secondary N) is 1. The molecule has 1 atom stereocenters. The summed E-state index contributed by atoms with van der Waals surface area (Å²) in [5.41, 5.74) is 0.275. The first-order valence-corrected chi connectivity index (χ1v) is 9.58. The van der Waals surface area contributed by atoms with Gasteiger partial charge in [-0.3, -0.25) is 9.00 Å². The molecule has 2 aromatic carbocycles. The van der Waals surface area contributed by atoms with Gasteiger partial charge in [-0.1, -0.05) is 13.8 Å². The van der Waals surface area contributed by atoms with E-state index in [1.54, 1.807) is 24.3 Å². The monoisotopic (exact) mass is 377 g/mol. The standard InChI is InChI=1S/C20H24FNO3S/c1-13(2)26(24)16-9-6-14(7-10-16)19(23)22-17-11-8-15(21)12-18(17)25-20(3,4)5/h6-13H,1-5H3,(H,22,23)/t26-/m0/s1. The molecule has 0 aliphatic heterocycles. The third kappa shape index (κ3) is 5.39. The van der Waals surface area contributed by atoms with Crippen LogP contribution in [0.1, 0.15) is 45.0 Å². The fourth-order valence-electron chi connectivity index (χ4n) is 2.22. The summed E-state index contributed by atoms with van der Waals surface area (Å²) in [7, 11) is -1.11. The molecule has 0 fully saturated rings. The summed E-state index contributed by atoms with van der Waals surface area (Å²) >= 11 is 0. The molecule has 2 aromatic rings. The van der Waals surface area contributed by atoms with Crippen molar-refractivity contribution in [2.75, 3.05) is 5.32 Å². The van der Waals surface area contributed by atoms with Gasteiger partial charge >= 0.3 is 0 Å². The predicted octanol–water partition coefficient (Wildman–Crippen LogP) is 4.77. The summed E-state index contributed by atoms with van der Waals surface area (Å²) in [6, 6.07) is 10.6. The van der Waals surface area contributed by atoms with Gasteiger partial charge < -0.3 is 10.1 Å². The molecule has 0 aromatic heterocycles. The maximum atomic E-state index is 13.5. The number of rotatable bonds is 5. The van der Waals surface area contributed by atoms with Crippen LogP contribution in [0.5, 0.6) is 5.75 Å². The molecular weight excluding hydrogens is 353 g/mol. The Morgan fingerprint density at radius 1 is 1.12 bits per heavy atom. The van der Waals surface area contributed by atoms with Crippen LogP contribution in [0, 0.1) is 5.82 Å². The Balaban J connectivity index is 2.21. The molecule has 0 aliphatic rings. The van der Waals surface area contributed by atoms with Crippen LogP contribution in [-0.4, -0.2) is 21.0 Å². The van der Waals surface area contributed by atoms with E-state index in [9.17, 15) is 13.4 Å². The highest BCUT2D eigenvalue weighted by atomic mass is 32.2. The highest BCUT2D eigenvalue weighted by Gasteiger charge is 2.17. The second kappa shape index (κ2) is 7.99. The van der Waals surface area contributed by atoms with Crippen LogP contribution >= 0.6 is 0 Å². The number of ether oxygens (including phenoxy) is 1. The van der Waals surface area contributed by atoms with Crippen molar-refractivity contribution >= 4 is 22.4 Å². The zero-order valence-electron chi connectivity index (χ0n) is 15.6. The molecule has 4 nitrogen and oxygen atoms in total. The van der Waals surface area contributed by atoms with Gasteiger partial charge in [-0.15, -0.1) is 0 Å². The van der Waals surface area contributed by atoms with Gasteiger partial charge in [0.15, 0.2) is 0 Å². The first-order valence-electron chi connectivity index (χ1n) is 8.37. The predicted molar refractivity (Wildman–Crippen MR) is 103 cm³/mol. The smallest absolute Gasteiger partial charge is 0.255 e. The van der Waals surface area contributed by atoms with Crippen molar-refractivity contribution in [3.05, 3.63) is 53.8 Å². The Labute approximate surface area is 156 Å². The van der Waals surface area contributed by atoms with Gasteiger partial charge in [0.1, 0.15) is 17.2 Å². The van der Waals surface area contributed by atoms with Gasteiger partial charge in [-0.05, 0) is 57.2 Å². The van der Waals surface area contributed by atoms with Crippen molar-refractivity contribution < 1.29 is 18.1 Å². The first-order chi connectivity index (χ1) is 12.1. The molecular formula is C20H24FNO3S. The van der Waals surface area contributed by atoms with E-state index in [4.69, 9.17) is 4.74 Å². The number of anilines is 1. The van der Waals surface area contributed by atoms with E-state index in [1.807, 2.05) is 34.6 Å². The number of hydrogen-bond donors (Lipinski definition) is 1. The number of benzene rings is 2. The lowest BCUT2D eigenvalue weighted by Crippen LogP contribution is -2.24. The summed E-state index contributed by atoms with van der Waals surface area (Å²) in [5.74, 6) is -0.525. The summed E-state index contributed by atoms with van der Waals surface area (Å²) in [4.78, 5) is 13.2. The topological polar surface area (TPSA) is 55.4 Å². The average molecular weight is 377 g/mol. The molecule has 0 unspecified atom stereocenters. The lowest BCUT2D eigenvalue weighted by molar-refractivity contribution is 0.102. The van der Waals surface area contributed by atoms with Gasteiger partial charge in [0.25, 0.3) is 5.91 Å². The number of carbonyl (C=O) groups is 1. The molecule has 2 rings (SSSR count). The van der Waals surface area contributed by atoms with Crippen LogP contribution in [0.4, 0.5) is 10.1 Å². The van der Waals surface area contributed by atoms with Gasteiger partial charge in [0.05, 0.1) is 16.5 Å². The third-order valence-electron chi connectivity index (χ3n) is 3.38. The second-order valence-electron chi connectivity index (χ2n) is 7.18. The van der Waals surface area contributed by atoms with Crippen molar-refractivity contribution in [2.45, 2.75) is 50.4 Å². The Hall–Kier alpha value is -2.21. The lowest BCUT2D eigenvalue weighted by Gasteiger charge is -2.23. The van der Waals surface area contributed by atoms with Gasteiger partial charge in [0.2, 0.25) is 0 Å². The Bertz CT molecular complexity index is 811. The van der Waals surface area contributed by atoms with E-state index >= 15 is 0 Å². The van der Waals surface area contributed by atoms with Gasteiger partial charge in [0, 0.05) is 21.8 Å². The Morgan fingerprint density at radius 3 is 2.27 bits per heavy atom. The maximum absolute atomic E-state index is 13.5. The second-order valence-corrected chi connectivity index (χ2v) is 9.19. The highest BCUT2D eigenvalue weighted by molar-refractivity contribution is 7.85. The van der Waals surface area contributed by atoms with Crippen LogP contribution in [-0.2, 0) is 10.8 Å². The molecule has 0 radical (unpaired) electrons. The van der Waals surface area contributed by atoms with Crippen molar-refractivity contribution in [3.8, 4) is 5.75 Å². The van der Waals surface area contributed by atoms with Crippen LogP contribution in [0.25, 0.3) is 0 Å². The minimum atomic E-state index is -1.11. The molecule has 1 N–H and O–H groups in total. The number of halogens is 1. The van der Waals surface area contributed by atoms with E-state index in [-0.39, 0.29) is 16.9 Å². The molecule has 26 heavy (non-hydrogen) atoms. The SMILES string of the molecule is CC(C)[S@](=O)c1ccc(C(=O)Nc2ccc(F)cc2OC(C)(C)C)cc1. The van der Waals surface area contributed by atoms with E-state index in [0.29, 0.717) is 16.1 Å². The van der Waals surface area contributed by atoms with Crippen LogP contribution in [0.3, 0.4) is 0 Å². The van der Waals surface area contributed by atoms with Gasteiger partial charge in [-0.25, -0.2) is 4.39 Å². The van der Waals surface area contributed by atoms with Crippen molar-refractivity contribution in [1.29, 1.82) is 0 Å². The molecule has 1 amide bonds. The molecule has 140 valence electrons. The third-order valence-corrected chi connectivity index (χ3v) is 4.98. The quantitative estimate of drug-likeness (QED) is 0.816. The van der Waals surface area contributed by atoms with E-state index < -0.39 is 22.2 Å². The summed E-state index contributed by atoms with van der Waals surface area (Å²) in [5, 5.41) is 2.75. The summed E-state index contributed by atoms with van der Waals surface area (Å²) in [6.45, 7) is 9.29. The minimum absolute atomic E-state index is 0.00555. The lowest BCUT2D eigenvalue weighted by atomic mass is 10.1. The van der Waals surface area contributed by atoms with E-state index in [0.717, 1.165) is 0 Å². The number of carbonyl (C=O) groups excluding carboxylic acids is 1. The molecule has 0 spiro atoms. The largest absolute Gasteiger partial charge is 0.486 e. The fourth-order valence-corrected chi connectivity index (χ4v) is 3.17. The molecule has 0 bridgehead atoms. The van der Waals surface area contributed by atoms with E-state index in [1.165, 1.54) is 18.2 Å². The number of amides is 1. The van der Waals surface area contributed by atoms with Crippen LogP contribution < -0.4 is 10.1 Å². The highest BCUT2D eigenvalue weighted by Crippen LogP contribution is 2.29. The molecule has 0 saturated heterocycles. The van der Waals surface area contributed by atoms with Crippen LogP contribution in [0.15, 0.2) is 47.4 Å². The Morgan fingerprint density at radius 2 is 1.73 bits per heavy atom. The average Bonchev–Trinajstić information content (AvgIpc) is 2.55. The molecule has 0 aliphatic carbocycles. The summed E-state index contributed by atoms with van der Waals surface area (Å²) in [6.07, 6.45) is 0.